The van der Waals surface area contributed by atoms with Gasteiger partial charge in [-0.25, -0.2) is 4.39 Å². The van der Waals surface area contributed by atoms with Crippen LogP contribution in [0, 0.1) is 5.82 Å². The molecule has 0 unspecified atom stereocenters. The summed E-state index contributed by atoms with van der Waals surface area (Å²) in [6.45, 7) is -0.361. The molecule has 102 valence electrons. The molecule has 0 aliphatic rings. The summed E-state index contributed by atoms with van der Waals surface area (Å²) >= 11 is 0. The third kappa shape index (κ3) is 5.29. The van der Waals surface area contributed by atoms with Crippen molar-refractivity contribution in [3.63, 3.8) is 0 Å². The van der Waals surface area contributed by atoms with Crippen molar-refractivity contribution in [2.75, 3.05) is 13.7 Å². The Morgan fingerprint density at radius 2 is 1.79 bits per heavy atom. The highest BCUT2D eigenvalue weighted by molar-refractivity contribution is 5.97. The minimum Gasteiger partial charge on any atom is -0.456 e. The number of Topliss-reactive ketones (excluding diaryl/α,β-unsaturated/α-hetero) is 1. The summed E-state index contributed by atoms with van der Waals surface area (Å²) in [4.78, 5) is 33.7. The zero-order valence-electron chi connectivity index (χ0n) is 10.4. The number of esters is 1. The van der Waals surface area contributed by atoms with Gasteiger partial charge in [-0.1, -0.05) is 0 Å². The lowest BCUT2D eigenvalue weighted by Crippen LogP contribution is -2.25. The van der Waals surface area contributed by atoms with Crippen molar-refractivity contribution in [1.29, 1.82) is 0 Å². The Morgan fingerprint density at radius 1 is 1.16 bits per heavy atom. The highest BCUT2D eigenvalue weighted by atomic mass is 19.1. The fraction of sp³-hybridized carbons (Fsp3) is 0.308. The molecule has 0 bridgehead atoms. The van der Waals surface area contributed by atoms with E-state index in [2.05, 4.69) is 10.1 Å². The first-order valence-corrected chi connectivity index (χ1v) is 5.68. The van der Waals surface area contributed by atoms with Gasteiger partial charge in [0, 0.05) is 19.0 Å². The van der Waals surface area contributed by atoms with Crippen molar-refractivity contribution in [3.05, 3.63) is 35.6 Å². The Hall–Kier alpha value is -2.24. The van der Waals surface area contributed by atoms with Gasteiger partial charge in [-0.15, -0.1) is 0 Å². The third-order valence-corrected chi connectivity index (χ3v) is 2.37. The number of ketones is 1. The van der Waals surface area contributed by atoms with Crippen molar-refractivity contribution in [2.45, 2.75) is 12.8 Å². The van der Waals surface area contributed by atoms with Crippen LogP contribution in [-0.4, -0.2) is 31.3 Å². The van der Waals surface area contributed by atoms with Crippen LogP contribution in [0.1, 0.15) is 23.2 Å². The summed E-state index contributed by atoms with van der Waals surface area (Å²) in [6, 6.07) is 5.06. The average Bonchev–Trinajstić information content (AvgIpc) is 2.42. The van der Waals surface area contributed by atoms with Crippen LogP contribution in [0.5, 0.6) is 0 Å². The van der Waals surface area contributed by atoms with Crippen molar-refractivity contribution >= 4 is 17.7 Å². The van der Waals surface area contributed by atoms with E-state index in [9.17, 15) is 18.8 Å². The monoisotopic (exact) mass is 267 g/mol. The zero-order chi connectivity index (χ0) is 14.3. The zero-order valence-corrected chi connectivity index (χ0v) is 10.4. The van der Waals surface area contributed by atoms with Gasteiger partial charge in [0.1, 0.15) is 5.82 Å². The molecule has 0 aliphatic heterocycles. The van der Waals surface area contributed by atoms with Crippen molar-refractivity contribution in [3.8, 4) is 0 Å². The molecule has 1 aromatic carbocycles. The lowest BCUT2D eigenvalue weighted by molar-refractivity contribution is -0.148. The maximum Gasteiger partial charge on any atom is 0.306 e. The number of hydrogen-bond donors (Lipinski definition) is 1. The molecule has 19 heavy (non-hydrogen) atoms. The van der Waals surface area contributed by atoms with Crippen LogP contribution in [0.25, 0.3) is 0 Å². The summed E-state index contributed by atoms with van der Waals surface area (Å²) in [5.74, 6) is -1.75. The molecule has 0 saturated heterocycles. The predicted molar refractivity (Wildman–Crippen MR) is 65.0 cm³/mol. The van der Waals surface area contributed by atoms with Crippen LogP contribution in [-0.2, 0) is 14.3 Å². The minimum absolute atomic E-state index is 0.0434. The van der Waals surface area contributed by atoms with Crippen LogP contribution in [0.2, 0.25) is 0 Å². The van der Waals surface area contributed by atoms with Gasteiger partial charge in [-0.2, -0.15) is 0 Å². The number of likely N-dealkylation sites (N-methyl/N-ethyl adjacent to an activating group) is 1. The molecular weight excluding hydrogens is 253 g/mol. The standard InChI is InChI=1S/C13H14FNO4/c1-15-12(17)8-19-13(18)7-6-11(16)9-2-4-10(14)5-3-9/h2-5H,6-8H2,1H3,(H,15,17). The van der Waals surface area contributed by atoms with Crippen LogP contribution in [0.3, 0.4) is 0 Å². The fourth-order valence-corrected chi connectivity index (χ4v) is 1.29. The lowest BCUT2D eigenvalue weighted by Gasteiger charge is -2.03. The molecule has 0 radical (unpaired) electrons. The summed E-state index contributed by atoms with van der Waals surface area (Å²) in [5.41, 5.74) is 0.334. The molecule has 0 aromatic heterocycles. The highest BCUT2D eigenvalue weighted by Crippen LogP contribution is 2.07. The van der Waals surface area contributed by atoms with Crippen LogP contribution >= 0.6 is 0 Å². The predicted octanol–water partition coefficient (Wildman–Crippen LogP) is 1.08. The van der Waals surface area contributed by atoms with E-state index < -0.39 is 17.7 Å². The minimum atomic E-state index is -0.626. The van der Waals surface area contributed by atoms with Crippen molar-refractivity contribution in [2.24, 2.45) is 0 Å². The molecule has 1 N–H and O–H groups in total. The van der Waals surface area contributed by atoms with Gasteiger partial charge >= 0.3 is 5.97 Å². The molecule has 1 amide bonds. The topological polar surface area (TPSA) is 72.5 Å². The van der Waals surface area contributed by atoms with Gasteiger partial charge in [0.15, 0.2) is 12.4 Å². The number of rotatable bonds is 6. The molecule has 0 heterocycles. The molecule has 6 heteroatoms. The van der Waals surface area contributed by atoms with Crippen molar-refractivity contribution < 1.29 is 23.5 Å². The Labute approximate surface area is 109 Å². The number of ether oxygens (including phenoxy) is 1. The molecule has 0 atom stereocenters. The van der Waals surface area contributed by atoms with Gasteiger partial charge in [-0.05, 0) is 24.3 Å². The maximum absolute atomic E-state index is 12.7. The van der Waals surface area contributed by atoms with E-state index in [0.29, 0.717) is 5.56 Å². The van der Waals surface area contributed by atoms with E-state index in [0.717, 1.165) is 0 Å². The van der Waals surface area contributed by atoms with Gasteiger partial charge < -0.3 is 10.1 Å². The van der Waals surface area contributed by atoms with E-state index >= 15 is 0 Å². The number of nitrogens with one attached hydrogen (secondary N) is 1. The van der Waals surface area contributed by atoms with Gasteiger partial charge in [0.05, 0.1) is 6.42 Å². The molecular formula is C13H14FNO4. The summed E-state index contributed by atoms with van der Waals surface area (Å²) in [5, 5.41) is 2.30. The molecule has 1 rings (SSSR count). The molecule has 5 nitrogen and oxygen atoms in total. The lowest BCUT2D eigenvalue weighted by atomic mass is 10.1. The molecule has 0 fully saturated rings. The van der Waals surface area contributed by atoms with Gasteiger partial charge in [0.2, 0.25) is 0 Å². The first-order valence-electron chi connectivity index (χ1n) is 5.68. The van der Waals surface area contributed by atoms with E-state index in [4.69, 9.17) is 0 Å². The van der Waals surface area contributed by atoms with E-state index in [1.54, 1.807) is 0 Å². The maximum atomic E-state index is 12.7. The fourth-order valence-electron chi connectivity index (χ4n) is 1.29. The second-order valence-electron chi connectivity index (χ2n) is 3.76. The van der Waals surface area contributed by atoms with E-state index in [-0.39, 0.29) is 25.2 Å². The second-order valence-corrected chi connectivity index (χ2v) is 3.76. The number of carbonyl (C=O) groups is 3. The smallest absolute Gasteiger partial charge is 0.306 e. The van der Waals surface area contributed by atoms with Crippen LogP contribution in [0.15, 0.2) is 24.3 Å². The van der Waals surface area contributed by atoms with E-state index in [1.807, 2.05) is 0 Å². The Kier molecular flexibility index (Phi) is 5.66. The second kappa shape index (κ2) is 7.25. The van der Waals surface area contributed by atoms with Gasteiger partial charge in [-0.3, -0.25) is 14.4 Å². The average molecular weight is 267 g/mol. The third-order valence-electron chi connectivity index (χ3n) is 2.37. The number of benzene rings is 1. The van der Waals surface area contributed by atoms with Crippen molar-refractivity contribution in [1.82, 2.24) is 5.32 Å². The number of amides is 1. The number of hydrogen-bond acceptors (Lipinski definition) is 4. The Balaban J connectivity index is 2.36. The highest BCUT2D eigenvalue weighted by Gasteiger charge is 2.11. The van der Waals surface area contributed by atoms with E-state index in [1.165, 1.54) is 31.3 Å². The van der Waals surface area contributed by atoms with Gasteiger partial charge in [0.25, 0.3) is 5.91 Å². The normalized spacial score (nSPS) is 9.79. The first kappa shape index (κ1) is 14.8. The largest absolute Gasteiger partial charge is 0.456 e. The molecule has 0 spiro atoms. The Morgan fingerprint density at radius 3 is 2.37 bits per heavy atom. The SMILES string of the molecule is CNC(=O)COC(=O)CCC(=O)c1ccc(F)cc1. The summed E-state index contributed by atoms with van der Waals surface area (Å²) < 4.78 is 17.3. The molecule has 1 aromatic rings. The first-order chi connectivity index (χ1) is 9.02. The summed E-state index contributed by atoms with van der Waals surface area (Å²) in [6.07, 6.45) is -0.161. The number of halogens is 1. The quantitative estimate of drug-likeness (QED) is 0.618. The van der Waals surface area contributed by atoms with Crippen LogP contribution < -0.4 is 5.32 Å². The molecule has 0 aliphatic carbocycles. The molecule has 0 saturated carbocycles. The Bertz CT molecular complexity index is 470. The summed E-state index contributed by atoms with van der Waals surface area (Å²) in [7, 11) is 1.42. The van der Waals surface area contributed by atoms with Crippen LogP contribution in [0.4, 0.5) is 4.39 Å². The number of carbonyl (C=O) groups excluding carboxylic acids is 3.